The number of carboxylic acids is 1. The molecule has 1 aromatic heterocycles. The molecule has 0 spiro atoms. The van der Waals surface area contributed by atoms with Crippen LogP contribution in [0.25, 0.3) is 0 Å². The normalized spacial score (nSPS) is 17.4. The zero-order chi connectivity index (χ0) is 14.1. The number of nitrogens with zero attached hydrogens (tertiary/aromatic N) is 2. The van der Waals surface area contributed by atoms with E-state index in [-0.39, 0.29) is 11.7 Å². The predicted molar refractivity (Wildman–Crippen MR) is 76.3 cm³/mol. The predicted octanol–water partition coefficient (Wildman–Crippen LogP) is 2.55. The first-order chi connectivity index (χ1) is 9.69. The van der Waals surface area contributed by atoms with Crippen molar-refractivity contribution in [3.63, 3.8) is 0 Å². The summed E-state index contributed by atoms with van der Waals surface area (Å²) < 4.78 is 1.79. The topological polar surface area (TPSA) is 67.2 Å². The van der Waals surface area contributed by atoms with Crippen LogP contribution in [0.1, 0.15) is 41.0 Å². The fourth-order valence-corrected chi connectivity index (χ4v) is 2.61. The van der Waals surface area contributed by atoms with Crippen LogP contribution in [0.3, 0.4) is 0 Å². The number of rotatable bonds is 3. The summed E-state index contributed by atoms with van der Waals surface area (Å²) in [5.41, 5.74) is 2.56. The molecule has 1 aliphatic heterocycles. The maximum absolute atomic E-state index is 11.0. The van der Waals surface area contributed by atoms with Gasteiger partial charge in [0.2, 0.25) is 0 Å². The Bertz CT molecular complexity index is 631. The van der Waals surface area contributed by atoms with Crippen LogP contribution < -0.4 is 5.32 Å². The van der Waals surface area contributed by atoms with Crippen LogP contribution in [-0.2, 0) is 6.42 Å². The molecule has 5 heteroatoms. The van der Waals surface area contributed by atoms with Crippen molar-refractivity contribution >= 4 is 11.8 Å². The average Bonchev–Trinajstić information content (AvgIpc) is 2.91. The molecule has 3 rings (SSSR count). The van der Waals surface area contributed by atoms with Gasteiger partial charge in [-0.3, -0.25) is 0 Å². The Kier molecular flexibility index (Phi) is 3.18. The summed E-state index contributed by atoms with van der Waals surface area (Å²) in [5, 5.41) is 16.5. The zero-order valence-corrected chi connectivity index (χ0v) is 11.3. The number of aryl methyl sites for hydroxylation is 1. The lowest BCUT2D eigenvalue weighted by atomic mass is 10.0. The maximum atomic E-state index is 11.0. The lowest BCUT2D eigenvalue weighted by molar-refractivity contribution is 0.0689. The first-order valence-electron chi connectivity index (χ1n) is 6.84. The highest BCUT2D eigenvalue weighted by atomic mass is 16.4. The zero-order valence-electron chi connectivity index (χ0n) is 11.3. The summed E-state index contributed by atoms with van der Waals surface area (Å²) in [6.45, 7) is 2.95. The highest BCUT2D eigenvalue weighted by Gasteiger charge is 2.24. The van der Waals surface area contributed by atoms with E-state index in [4.69, 9.17) is 5.11 Å². The van der Waals surface area contributed by atoms with Gasteiger partial charge in [0.15, 0.2) is 5.69 Å². The minimum atomic E-state index is -0.992. The van der Waals surface area contributed by atoms with Gasteiger partial charge >= 0.3 is 5.97 Å². The van der Waals surface area contributed by atoms with Gasteiger partial charge < -0.3 is 10.4 Å². The number of anilines is 1. The van der Waals surface area contributed by atoms with Gasteiger partial charge in [-0.15, -0.1) is 0 Å². The highest BCUT2D eigenvalue weighted by Crippen LogP contribution is 2.30. The monoisotopic (exact) mass is 271 g/mol. The standard InChI is InChI=1S/C15H17N3O2/c1-2-10-3-5-11(6-4-10)13-7-8-16-14-9-12(15(19)20)17-18(13)14/h3-6,9,13,16H,2,7-8H2,1H3,(H,19,20). The Balaban J connectivity index is 1.97. The largest absolute Gasteiger partial charge is 0.476 e. The van der Waals surface area contributed by atoms with Gasteiger partial charge in [-0.1, -0.05) is 31.2 Å². The van der Waals surface area contributed by atoms with Gasteiger partial charge in [0.25, 0.3) is 0 Å². The number of fused-ring (bicyclic) bond motifs is 1. The summed E-state index contributed by atoms with van der Waals surface area (Å²) in [4.78, 5) is 11.0. The number of hydrogen-bond acceptors (Lipinski definition) is 3. The Morgan fingerprint density at radius 3 is 2.85 bits per heavy atom. The van der Waals surface area contributed by atoms with E-state index in [0.717, 1.165) is 25.2 Å². The molecular formula is C15H17N3O2. The van der Waals surface area contributed by atoms with E-state index < -0.39 is 5.97 Å². The van der Waals surface area contributed by atoms with E-state index in [1.54, 1.807) is 10.7 Å². The molecule has 0 bridgehead atoms. The molecule has 0 saturated heterocycles. The molecule has 1 atom stereocenters. The van der Waals surface area contributed by atoms with Crippen molar-refractivity contribution in [3.8, 4) is 0 Å². The smallest absolute Gasteiger partial charge is 0.356 e. The van der Waals surface area contributed by atoms with Gasteiger partial charge in [0, 0.05) is 12.6 Å². The number of aromatic nitrogens is 2. The fraction of sp³-hybridized carbons (Fsp3) is 0.333. The van der Waals surface area contributed by atoms with Crippen molar-refractivity contribution in [2.45, 2.75) is 25.8 Å². The lowest BCUT2D eigenvalue weighted by Crippen LogP contribution is -2.24. The van der Waals surface area contributed by atoms with Crippen LogP contribution in [0, 0.1) is 0 Å². The molecule has 0 radical (unpaired) electrons. The van der Waals surface area contributed by atoms with Crippen LogP contribution >= 0.6 is 0 Å². The van der Waals surface area contributed by atoms with Crippen molar-refractivity contribution in [1.29, 1.82) is 0 Å². The molecule has 104 valence electrons. The summed E-state index contributed by atoms with van der Waals surface area (Å²) in [6, 6.07) is 10.2. The number of carbonyl (C=O) groups is 1. The first kappa shape index (κ1) is 12.7. The van der Waals surface area contributed by atoms with E-state index >= 15 is 0 Å². The van der Waals surface area contributed by atoms with Crippen LogP contribution in [-0.4, -0.2) is 27.4 Å². The first-order valence-corrected chi connectivity index (χ1v) is 6.84. The summed E-state index contributed by atoms with van der Waals surface area (Å²) in [6.07, 6.45) is 1.92. The third-order valence-electron chi connectivity index (χ3n) is 3.75. The van der Waals surface area contributed by atoms with Gasteiger partial charge in [0.05, 0.1) is 6.04 Å². The van der Waals surface area contributed by atoms with Gasteiger partial charge in [-0.25, -0.2) is 9.48 Å². The minimum absolute atomic E-state index is 0.0876. The molecule has 20 heavy (non-hydrogen) atoms. The Morgan fingerprint density at radius 1 is 1.45 bits per heavy atom. The fourth-order valence-electron chi connectivity index (χ4n) is 2.61. The highest BCUT2D eigenvalue weighted by molar-refractivity contribution is 5.86. The van der Waals surface area contributed by atoms with E-state index in [1.165, 1.54) is 11.1 Å². The van der Waals surface area contributed by atoms with Crippen molar-refractivity contribution in [2.24, 2.45) is 0 Å². The van der Waals surface area contributed by atoms with Crippen LogP contribution in [0.4, 0.5) is 5.82 Å². The molecule has 1 aromatic carbocycles. The number of carboxylic acid groups (broad SMARTS) is 1. The van der Waals surface area contributed by atoms with Crippen molar-refractivity contribution in [2.75, 3.05) is 11.9 Å². The molecule has 1 unspecified atom stereocenters. The second-order valence-electron chi connectivity index (χ2n) is 4.99. The third kappa shape index (κ3) is 2.15. The molecule has 2 heterocycles. The van der Waals surface area contributed by atoms with Crippen LogP contribution in [0.5, 0.6) is 0 Å². The van der Waals surface area contributed by atoms with Crippen LogP contribution in [0.15, 0.2) is 30.3 Å². The third-order valence-corrected chi connectivity index (χ3v) is 3.75. The lowest BCUT2D eigenvalue weighted by Gasteiger charge is -2.26. The van der Waals surface area contributed by atoms with E-state index in [1.807, 2.05) is 0 Å². The van der Waals surface area contributed by atoms with E-state index in [9.17, 15) is 4.79 Å². The number of hydrogen-bond donors (Lipinski definition) is 2. The minimum Gasteiger partial charge on any atom is -0.476 e. The summed E-state index contributed by atoms with van der Waals surface area (Å²) in [7, 11) is 0. The van der Waals surface area contributed by atoms with Gasteiger partial charge in [0.1, 0.15) is 5.82 Å². The van der Waals surface area contributed by atoms with Crippen molar-refractivity contribution in [1.82, 2.24) is 9.78 Å². The molecule has 0 fully saturated rings. The van der Waals surface area contributed by atoms with Gasteiger partial charge in [-0.2, -0.15) is 5.10 Å². The molecule has 0 amide bonds. The number of benzene rings is 1. The van der Waals surface area contributed by atoms with Crippen molar-refractivity contribution in [3.05, 3.63) is 47.2 Å². The second-order valence-corrected chi connectivity index (χ2v) is 4.99. The quantitative estimate of drug-likeness (QED) is 0.900. The van der Waals surface area contributed by atoms with Gasteiger partial charge in [-0.05, 0) is 24.0 Å². The SMILES string of the molecule is CCc1ccc(C2CCNc3cc(C(=O)O)nn32)cc1. The molecule has 0 saturated carbocycles. The number of nitrogens with one attached hydrogen (secondary N) is 1. The average molecular weight is 271 g/mol. The molecule has 2 N–H and O–H groups in total. The summed E-state index contributed by atoms with van der Waals surface area (Å²) >= 11 is 0. The molecular weight excluding hydrogens is 254 g/mol. The van der Waals surface area contributed by atoms with E-state index in [0.29, 0.717) is 0 Å². The molecule has 5 nitrogen and oxygen atoms in total. The Hall–Kier alpha value is -2.30. The van der Waals surface area contributed by atoms with Crippen LogP contribution in [0.2, 0.25) is 0 Å². The van der Waals surface area contributed by atoms with E-state index in [2.05, 4.69) is 41.6 Å². The molecule has 1 aliphatic rings. The number of aromatic carboxylic acids is 1. The second kappa shape index (κ2) is 5.00. The maximum Gasteiger partial charge on any atom is 0.356 e. The Labute approximate surface area is 117 Å². The Morgan fingerprint density at radius 2 is 2.20 bits per heavy atom. The van der Waals surface area contributed by atoms with Crippen molar-refractivity contribution < 1.29 is 9.90 Å². The molecule has 2 aromatic rings. The molecule has 0 aliphatic carbocycles. The summed E-state index contributed by atoms with van der Waals surface area (Å²) in [5.74, 6) is -0.216.